The van der Waals surface area contributed by atoms with Gasteiger partial charge in [-0.2, -0.15) is 0 Å². The van der Waals surface area contributed by atoms with Gasteiger partial charge in [0.05, 0.1) is 0 Å². The third-order valence-electron chi connectivity index (χ3n) is 5.23. The van der Waals surface area contributed by atoms with Crippen LogP contribution in [0.5, 0.6) is 0 Å². The number of aromatic nitrogens is 1. The second-order valence-electron chi connectivity index (χ2n) is 7.37. The number of halogens is 1. The van der Waals surface area contributed by atoms with E-state index in [0.717, 1.165) is 5.69 Å². The van der Waals surface area contributed by atoms with Crippen LogP contribution in [0.4, 0.5) is 10.1 Å². The van der Waals surface area contributed by atoms with Crippen LogP contribution in [0.2, 0.25) is 4.87 Å². The number of hydrogen-bond acceptors (Lipinski definition) is 2. The molecule has 1 N–H and O–H groups in total. The standard InChI is InChI=1S/C16H23N2S.C6H4F.CH3.Sb/c1-4-6-12(7-5-2)15-11-18(3)16-9-8-13(17-19)10-14(15)16;7-6-4-2-1-3-5-6;;/h8-12,17H,4-7H2,1-3H3;2-5H;1H3;/q-1;;;+1. The molecule has 2 nitrogen and oxygen atoms in total. The van der Waals surface area contributed by atoms with E-state index in [1.54, 1.807) is 12.1 Å². The van der Waals surface area contributed by atoms with Crippen molar-refractivity contribution in [3.8, 4) is 0 Å². The van der Waals surface area contributed by atoms with E-state index in [4.69, 9.17) is 0 Å². The van der Waals surface area contributed by atoms with Crippen LogP contribution >= 0.6 is 9.04 Å². The Hall–Kier alpha value is -1.12. The second-order valence-corrected chi connectivity index (χ2v) is 17.3. The normalized spacial score (nSPS) is 11.7. The summed E-state index contributed by atoms with van der Waals surface area (Å²) < 4.78 is 20.3. The van der Waals surface area contributed by atoms with E-state index >= 15 is 0 Å². The van der Waals surface area contributed by atoms with Gasteiger partial charge >= 0.3 is 179 Å². The SMILES string of the molecule is CCCC(CCC)c1cn(C)c2ccc(N[S][Sb]([CH3])[c]3ccc(F)cc3)cc12. The van der Waals surface area contributed by atoms with E-state index in [2.05, 4.69) is 59.5 Å². The summed E-state index contributed by atoms with van der Waals surface area (Å²) in [5.74, 6) is 0.475. The first-order chi connectivity index (χ1) is 13.5. The Labute approximate surface area is 178 Å². The summed E-state index contributed by atoms with van der Waals surface area (Å²) in [7, 11) is 3.99. The number of nitrogens with zero attached hydrogens (tertiary/aromatic N) is 1. The fraction of sp³-hybridized carbons (Fsp3) is 0.391. The summed E-state index contributed by atoms with van der Waals surface area (Å²) in [5.41, 5.74) is 3.95. The third-order valence-corrected chi connectivity index (χ3v) is 13.3. The van der Waals surface area contributed by atoms with Crippen molar-refractivity contribution in [3.63, 3.8) is 0 Å². The average Bonchev–Trinajstić information content (AvgIpc) is 3.02. The number of rotatable bonds is 9. The van der Waals surface area contributed by atoms with Crippen molar-refractivity contribution in [1.29, 1.82) is 0 Å². The third kappa shape index (κ3) is 5.07. The van der Waals surface area contributed by atoms with Crippen LogP contribution in [0.15, 0.2) is 48.7 Å². The van der Waals surface area contributed by atoms with Crippen molar-refractivity contribution < 1.29 is 4.39 Å². The monoisotopic (exact) mass is 506 g/mol. The molecule has 2 aromatic carbocycles. The fourth-order valence-electron chi connectivity index (χ4n) is 3.79. The number of nitrogens with one attached hydrogen (secondary N) is 1. The predicted molar refractivity (Wildman–Crippen MR) is 124 cm³/mol. The van der Waals surface area contributed by atoms with Gasteiger partial charge in [-0.1, -0.05) is 0 Å². The van der Waals surface area contributed by atoms with Gasteiger partial charge in [-0.3, -0.25) is 0 Å². The molecule has 0 aliphatic carbocycles. The van der Waals surface area contributed by atoms with Gasteiger partial charge in [0.2, 0.25) is 0 Å². The predicted octanol–water partition coefficient (Wildman–Crippen LogP) is 6.59. The van der Waals surface area contributed by atoms with E-state index in [9.17, 15) is 4.39 Å². The first kappa shape index (κ1) is 21.6. The van der Waals surface area contributed by atoms with E-state index in [-0.39, 0.29) is 5.82 Å². The molecule has 3 rings (SSSR count). The molecule has 1 heterocycles. The molecule has 150 valence electrons. The first-order valence-electron chi connectivity index (χ1n) is 10.0. The molecule has 0 saturated heterocycles. The van der Waals surface area contributed by atoms with Gasteiger partial charge in [-0.15, -0.1) is 0 Å². The molecule has 1 aromatic heterocycles. The minimum absolute atomic E-state index is 0.161. The number of benzene rings is 2. The fourth-order valence-corrected chi connectivity index (χ4v) is 9.68. The molecule has 0 radical (unpaired) electrons. The molecule has 28 heavy (non-hydrogen) atoms. The van der Waals surface area contributed by atoms with Gasteiger partial charge in [-0.25, -0.2) is 0 Å². The molecule has 0 aliphatic rings. The van der Waals surface area contributed by atoms with Gasteiger partial charge in [0.25, 0.3) is 0 Å². The van der Waals surface area contributed by atoms with Crippen molar-refractivity contribution in [2.24, 2.45) is 7.05 Å². The minimum atomic E-state index is -1.70. The summed E-state index contributed by atoms with van der Waals surface area (Å²) in [6, 6.07) is 13.7. The number of fused-ring (bicyclic) bond motifs is 1. The Bertz CT molecular complexity index is 901. The van der Waals surface area contributed by atoms with Crippen LogP contribution < -0.4 is 8.23 Å². The summed E-state index contributed by atoms with van der Waals surface area (Å²) in [5, 5.41) is 1.38. The van der Waals surface area contributed by atoms with Crippen LogP contribution in [0.1, 0.15) is 51.0 Å². The van der Waals surface area contributed by atoms with Crippen LogP contribution in [0, 0.1) is 5.82 Å². The zero-order chi connectivity index (χ0) is 20.1. The number of hydrogen-bond donors (Lipinski definition) is 1. The topological polar surface area (TPSA) is 17.0 Å². The van der Waals surface area contributed by atoms with Gasteiger partial charge in [0, 0.05) is 0 Å². The summed E-state index contributed by atoms with van der Waals surface area (Å²) >= 11 is -1.70. The number of anilines is 1. The molecule has 0 spiro atoms. The molecule has 3 aromatic rings. The summed E-state index contributed by atoms with van der Waals surface area (Å²) in [6.45, 7) is 4.56. The molecule has 0 unspecified atom stereocenters. The molecule has 0 saturated carbocycles. The molecule has 5 heteroatoms. The van der Waals surface area contributed by atoms with Crippen molar-refractivity contribution in [3.05, 3.63) is 60.0 Å². The van der Waals surface area contributed by atoms with Crippen LogP contribution in [-0.2, 0) is 7.05 Å². The summed E-state index contributed by atoms with van der Waals surface area (Å²) in [6.07, 6.45) is 7.26. The average molecular weight is 507 g/mol. The van der Waals surface area contributed by atoms with Crippen molar-refractivity contribution in [1.82, 2.24) is 4.57 Å². The van der Waals surface area contributed by atoms with Crippen LogP contribution in [-0.4, -0.2) is 23.4 Å². The number of aryl methyl sites for hydroxylation is 1. The second kappa shape index (κ2) is 10.1. The Morgan fingerprint density at radius 1 is 1.07 bits per heavy atom. The van der Waals surface area contributed by atoms with Crippen molar-refractivity contribution in [2.75, 3.05) is 4.72 Å². The van der Waals surface area contributed by atoms with Crippen LogP contribution in [0.3, 0.4) is 0 Å². The molecule has 0 bridgehead atoms. The zero-order valence-corrected chi connectivity index (χ0v) is 20.6. The van der Waals surface area contributed by atoms with Gasteiger partial charge in [0.15, 0.2) is 0 Å². The Balaban J connectivity index is 1.80. The molecular weight excluding hydrogens is 477 g/mol. The maximum atomic E-state index is 13.2. The quantitative estimate of drug-likeness (QED) is 0.260. The van der Waals surface area contributed by atoms with E-state index in [1.165, 1.54) is 45.7 Å². The Kier molecular flexibility index (Phi) is 7.76. The van der Waals surface area contributed by atoms with Gasteiger partial charge in [0.1, 0.15) is 0 Å². The van der Waals surface area contributed by atoms with Gasteiger partial charge < -0.3 is 0 Å². The molecule has 0 aliphatic heterocycles. The molecular formula is C23H30FN2SSb. The van der Waals surface area contributed by atoms with Gasteiger partial charge in [-0.05, 0) is 0 Å². The first-order valence-corrected chi connectivity index (χ1v) is 17.8. The van der Waals surface area contributed by atoms with E-state index in [1.807, 2.05) is 21.2 Å². The zero-order valence-electron chi connectivity index (χ0n) is 17.2. The Morgan fingerprint density at radius 2 is 1.75 bits per heavy atom. The molecule has 0 fully saturated rings. The molecule has 0 amide bonds. The van der Waals surface area contributed by atoms with Crippen molar-refractivity contribution >= 4 is 47.9 Å². The summed E-state index contributed by atoms with van der Waals surface area (Å²) in [4.78, 5) is 2.32. The molecule has 0 atom stereocenters. The Morgan fingerprint density at radius 3 is 2.39 bits per heavy atom. The van der Waals surface area contributed by atoms with E-state index < -0.39 is 18.8 Å². The van der Waals surface area contributed by atoms with Crippen LogP contribution in [0.25, 0.3) is 10.9 Å². The van der Waals surface area contributed by atoms with E-state index in [0.29, 0.717) is 5.92 Å². The maximum absolute atomic E-state index is 13.2. The van der Waals surface area contributed by atoms with Crippen molar-refractivity contribution in [2.45, 2.75) is 50.3 Å².